The van der Waals surface area contributed by atoms with E-state index in [-0.39, 0.29) is 17.7 Å². The number of aryl methyl sites for hydroxylation is 1. The summed E-state index contributed by atoms with van der Waals surface area (Å²) in [6, 6.07) is 8.90. The molecule has 1 aromatic carbocycles. The predicted octanol–water partition coefficient (Wildman–Crippen LogP) is 4.21. The standard InChI is InChI=1S/C25H27FN8O2/c1-14-11-17-18(27-14)5-6-20(24(17)26)36-25-29-21(28-22-12-19(31-32-22)16-3-4-16)13-23(30-25)34-9-7-33(8-10-34)15(2)35/h5-6,11-13,16,27H,3-4,7-10H2,1-2H3,(H2,28,29,30,31,32). The highest BCUT2D eigenvalue weighted by Gasteiger charge is 2.26. The fourth-order valence-corrected chi connectivity index (χ4v) is 4.54. The lowest BCUT2D eigenvalue weighted by Gasteiger charge is -2.35. The number of nitrogens with one attached hydrogen (secondary N) is 3. The molecule has 1 amide bonds. The zero-order chi connectivity index (χ0) is 24.8. The third-order valence-corrected chi connectivity index (χ3v) is 6.65. The molecule has 11 heteroatoms. The van der Waals surface area contributed by atoms with E-state index >= 15 is 4.39 Å². The molecule has 0 bridgehead atoms. The number of piperazine rings is 1. The van der Waals surface area contributed by atoms with Crippen molar-refractivity contribution < 1.29 is 13.9 Å². The Balaban J connectivity index is 1.31. The van der Waals surface area contributed by atoms with E-state index < -0.39 is 5.82 Å². The van der Waals surface area contributed by atoms with Gasteiger partial charge in [0.05, 0.1) is 0 Å². The number of fused-ring (bicyclic) bond motifs is 1. The summed E-state index contributed by atoms with van der Waals surface area (Å²) in [7, 11) is 0. The number of aromatic amines is 2. The first-order chi connectivity index (χ1) is 17.4. The van der Waals surface area contributed by atoms with Crippen LogP contribution in [0.4, 0.5) is 21.8 Å². The molecule has 1 saturated heterocycles. The van der Waals surface area contributed by atoms with Crippen LogP contribution in [0.25, 0.3) is 10.9 Å². The predicted molar refractivity (Wildman–Crippen MR) is 133 cm³/mol. The van der Waals surface area contributed by atoms with E-state index in [1.807, 2.05) is 19.1 Å². The number of nitrogens with zero attached hydrogens (tertiary/aromatic N) is 5. The van der Waals surface area contributed by atoms with Crippen LogP contribution in [0, 0.1) is 12.7 Å². The quantitative estimate of drug-likeness (QED) is 0.371. The molecule has 2 fully saturated rings. The Hall–Kier alpha value is -4.15. The van der Waals surface area contributed by atoms with Crippen LogP contribution in [0.3, 0.4) is 0 Å². The van der Waals surface area contributed by atoms with E-state index in [2.05, 4.69) is 35.4 Å². The Morgan fingerprint density at radius 2 is 1.92 bits per heavy atom. The van der Waals surface area contributed by atoms with Crippen LogP contribution >= 0.6 is 0 Å². The molecule has 4 heterocycles. The maximum atomic E-state index is 15.2. The Morgan fingerprint density at radius 1 is 1.11 bits per heavy atom. The van der Waals surface area contributed by atoms with Crippen molar-refractivity contribution in [2.24, 2.45) is 0 Å². The lowest BCUT2D eigenvalue weighted by molar-refractivity contribution is -0.129. The van der Waals surface area contributed by atoms with Crippen LogP contribution in [0.15, 0.2) is 30.3 Å². The Labute approximate surface area is 206 Å². The highest BCUT2D eigenvalue weighted by Crippen LogP contribution is 2.40. The molecule has 2 aliphatic rings. The van der Waals surface area contributed by atoms with Gasteiger partial charge < -0.3 is 24.8 Å². The van der Waals surface area contributed by atoms with Crippen LogP contribution in [0.1, 0.15) is 37.1 Å². The van der Waals surface area contributed by atoms with Crippen LogP contribution in [0.2, 0.25) is 0 Å². The van der Waals surface area contributed by atoms with Crippen molar-refractivity contribution in [1.29, 1.82) is 0 Å². The van der Waals surface area contributed by atoms with Gasteiger partial charge in [-0.3, -0.25) is 9.89 Å². The summed E-state index contributed by atoms with van der Waals surface area (Å²) in [5, 5.41) is 11.1. The molecule has 6 rings (SSSR count). The summed E-state index contributed by atoms with van der Waals surface area (Å²) in [6.45, 7) is 5.88. The average Bonchev–Trinajstić information content (AvgIpc) is 3.49. The molecule has 3 N–H and O–H groups in total. The SMILES string of the molecule is CC(=O)N1CCN(c2cc(Nc3cc(C4CC4)[nH]n3)nc(Oc3ccc4[nH]c(C)cc4c3F)n2)CC1. The Kier molecular flexibility index (Phi) is 5.46. The van der Waals surface area contributed by atoms with Crippen LogP contribution in [0.5, 0.6) is 11.8 Å². The first-order valence-electron chi connectivity index (χ1n) is 12.1. The van der Waals surface area contributed by atoms with Crippen molar-refractivity contribution >= 4 is 34.3 Å². The second-order valence-corrected chi connectivity index (χ2v) is 9.39. The summed E-state index contributed by atoms with van der Waals surface area (Å²) >= 11 is 0. The van der Waals surface area contributed by atoms with Gasteiger partial charge in [-0.05, 0) is 38.0 Å². The molecular formula is C25H27FN8O2. The van der Waals surface area contributed by atoms with Crippen molar-refractivity contribution in [3.8, 4) is 11.8 Å². The molecule has 36 heavy (non-hydrogen) atoms. The molecule has 0 unspecified atom stereocenters. The van der Waals surface area contributed by atoms with E-state index in [0.29, 0.717) is 60.5 Å². The van der Waals surface area contributed by atoms with Crippen molar-refractivity contribution in [1.82, 2.24) is 30.0 Å². The van der Waals surface area contributed by atoms with Crippen molar-refractivity contribution in [2.75, 3.05) is 36.4 Å². The Bertz CT molecular complexity index is 1440. The van der Waals surface area contributed by atoms with Crippen molar-refractivity contribution in [2.45, 2.75) is 32.6 Å². The highest BCUT2D eigenvalue weighted by molar-refractivity contribution is 5.82. The minimum atomic E-state index is -0.475. The maximum absolute atomic E-state index is 15.2. The van der Waals surface area contributed by atoms with Gasteiger partial charge in [-0.1, -0.05) is 0 Å². The fourth-order valence-electron chi connectivity index (χ4n) is 4.54. The van der Waals surface area contributed by atoms with Gasteiger partial charge in [-0.25, -0.2) is 4.39 Å². The normalized spacial score (nSPS) is 16.0. The molecule has 0 spiro atoms. The lowest BCUT2D eigenvalue weighted by Crippen LogP contribution is -2.48. The highest BCUT2D eigenvalue weighted by atomic mass is 19.1. The van der Waals surface area contributed by atoms with Gasteiger partial charge in [0.25, 0.3) is 0 Å². The third kappa shape index (κ3) is 4.43. The number of amides is 1. The fraction of sp³-hybridized carbons (Fsp3) is 0.360. The smallest absolute Gasteiger partial charge is 0.326 e. The molecular weight excluding hydrogens is 463 g/mol. The third-order valence-electron chi connectivity index (χ3n) is 6.65. The van der Waals surface area contributed by atoms with E-state index in [4.69, 9.17) is 4.74 Å². The maximum Gasteiger partial charge on any atom is 0.326 e. The van der Waals surface area contributed by atoms with Crippen LogP contribution < -0.4 is 15.0 Å². The van der Waals surface area contributed by atoms with Gasteiger partial charge in [0.1, 0.15) is 11.6 Å². The first kappa shape index (κ1) is 22.3. The summed E-state index contributed by atoms with van der Waals surface area (Å²) in [5.41, 5.74) is 2.66. The van der Waals surface area contributed by atoms with Gasteiger partial charge in [-0.2, -0.15) is 15.1 Å². The number of ether oxygens (including phenoxy) is 1. The molecule has 1 aliphatic carbocycles. The molecule has 186 valence electrons. The van der Waals surface area contributed by atoms with Crippen LogP contribution in [-0.2, 0) is 4.79 Å². The number of carbonyl (C=O) groups is 1. The monoisotopic (exact) mass is 490 g/mol. The number of anilines is 3. The number of carbonyl (C=O) groups excluding carboxylic acids is 1. The van der Waals surface area contributed by atoms with Gasteiger partial charge in [0, 0.05) is 73.4 Å². The molecule has 1 saturated carbocycles. The van der Waals surface area contributed by atoms with Gasteiger partial charge in [0.15, 0.2) is 17.4 Å². The van der Waals surface area contributed by atoms with E-state index in [0.717, 1.165) is 11.4 Å². The molecule has 0 atom stereocenters. The first-order valence-corrected chi connectivity index (χ1v) is 12.1. The number of rotatable bonds is 6. The minimum absolute atomic E-state index is 0.0208. The number of aromatic nitrogens is 5. The topological polar surface area (TPSA) is 115 Å². The van der Waals surface area contributed by atoms with Crippen molar-refractivity contribution in [3.63, 3.8) is 0 Å². The lowest BCUT2D eigenvalue weighted by atomic mass is 10.2. The summed E-state index contributed by atoms with van der Waals surface area (Å²) < 4.78 is 21.1. The number of benzene rings is 1. The molecule has 0 radical (unpaired) electrons. The van der Waals surface area contributed by atoms with E-state index in [1.165, 1.54) is 12.8 Å². The van der Waals surface area contributed by atoms with Crippen LogP contribution in [-0.4, -0.2) is 62.1 Å². The van der Waals surface area contributed by atoms with Gasteiger partial charge in [0.2, 0.25) is 5.91 Å². The Morgan fingerprint density at radius 3 is 2.67 bits per heavy atom. The molecule has 1 aliphatic heterocycles. The largest absolute Gasteiger partial charge is 0.421 e. The second-order valence-electron chi connectivity index (χ2n) is 9.39. The number of hydrogen-bond acceptors (Lipinski definition) is 7. The van der Waals surface area contributed by atoms with E-state index in [9.17, 15) is 4.79 Å². The molecule has 10 nitrogen and oxygen atoms in total. The zero-order valence-electron chi connectivity index (χ0n) is 20.1. The zero-order valence-corrected chi connectivity index (χ0v) is 20.1. The summed E-state index contributed by atoms with van der Waals surface area (Å²) in [4.78, 5) is 27.8. The minimum Gasteiger partial charge on any atom is -0.421 e. The molecule has 3 aromatic heterocycles. The van der Waals surface area contributed by atoms with E-state index in [1.54, 1.807) is 30.0 Å². The van der Waals surface area contributed by atoms with Gasteiger partial charge in [-0.15, -0.1) is 0 Å². The molecule has 4 aromatic rings. The summed E-state index contributed by atoms with van der Waals surface area (Å²) in [6.07, 6.45) is 2.33. The average molecular weight is 491 g/mol. The summed E-state index contributed by atoms with van der Waals surface area (Å²) in [5.74, 6) is 1.92. The number of halogens is 1. The number of H-pyrrole nitrogens is 2. The van der Waals surface area contributed by atoms with Crippen molar-refractivity contribution in [3.05, 3.63) is 47.5 Å². The second kappa shape index (κ2) is 8.81. The van der Waals surface area contributed by atoms with Gasteiger partial charge >= 0.3 is 6.01 Å². The number of hydrogen-bond donors (Lipinski definition) is 3.